The van der Waals surface area contributed by atoms with Crippen molar-refractivity contribution in [3.05, 3.63) is 57.6 Å². The summed E-state index contributed by atoms with van der Waals surface area (Å²) in [4.78, 5) is 12.8. The van der Waals surface area contributed by atoms with Gasteiger partial charge < -0.3 is 9.64 Å². The SMILES string of the molecule is CCCCCN1c2cc(OC)c(/N=N/c3ccc([N+](=O)[O-])cc3C#N)cc2C(C)=CC1(C)C. The van der Waals surface area contributed by atoms with Crippen molar-refractivity contribution in [2.24, 2.45) is 10.2 Å². The summed E-state index contributed by atoms with van der Waals surface area (Å²) in [5.74, 6) is 0.573. The maximum Gasteiger partial charge on any atom is 0.270 e. The smallest absolute Gasteiger partial charge is 0.270 e. The lowest BCUT2D eigenvalue weighted by molar-refractivity contribution is -0.384. The molecule has 1 aliphatic rings. The standard InChI is InChI=1S/C25H29N5O3/c1-6-7-8-11-29-23-14-24(33-5)22(13-20(23)17(2)15-25(29,3)4)28-27-21-10-9-19(30(31)32)12-18(21)16-26/h9-10,12-15H,6-8,11H2,1-5H3/b28-27+. The molecule has 172 valence electrons. The highest BCUT2D eigenvalue weighted by molar-refractivity contribution is 5.85. The van der Waals surface area contributed by atoms with Gasteiger partial charge in [-0.15, -0.1) is 10.2 Å². The highest BCUT2D eigenvalue weighted by Gasteiger charge is 2.32. The number of ether oxygens (including phenoxy) is 1. The van der Waals surface area contributed by atoms with Gasteiger partial charge in [-0.2, -0.15) is 5.26 Å². The van der Waals surface area contributed by atoms with E-state index in [1.165, 1.54) is 24.6 Å². The number of allylic oxidation sites excluding steroid dienone is 1. The molecule has 0 atom stereocenters. The third-order valence-electron chi connectivity index (χ3n) is 5.84. The maximum atomic E-state index is 11.0. The van der Waals surface area contributed by atoms with E-state index in [0.29, 0.717) is 11.4 Å². The van der Waals surface area contributed by atoms with Crippen molar-refractivity contribution in [3.8, 4) is 11.8 Å². The summed E-state index contributed by atoms with van der Waals surface area (Å²) < 4.78 is 5.63. The van der Waals surface area contributed by atoms with Crippen LogP contribution >= 0.6 is 0 Å². The molecule has 0 saturated heterocycles. The van der Waals surface area contributed by atoms with Gasteiger partial charge >= 0.3 is 0 Å². The lowest BCUT2D eigenvalue weighted by Crippen LogP contribution is -2.45. The van der Waals surface area contributed by atoms with Crippen LogP contribution in [0.4, 0.5) is 22.7 Å². The zero-order valence-electron chi connectivity index (χ0n) is 19.8. The van der Waals surface area contributed by atoms with Gasteiger partial charge in [0.25, 0.3) is 5.69 Å². The van der Waals surface area contributed by atoms with E-state index in [4.69, 9.17) is 4.74 Å². The van der Waals surface area contributed by atoms with Crippen molar-refractivity contribution < 1.29 is 9.66 Å². The van der Waals surface area contributed by atoms with Crippen molar-refractivity contribution in [1.29, 1.82) is 5.26 Å². The maximum absolute atomic E-state index is 11.0. The van der Waals surface area contributed by atoms with Crippen molar-refractivity contribution in [3.63, 3.8) is 0 Å². The van der Waals surface area contributed by atoms with E-state index >= 15 is 0 Å². The lowest BCUT2D eigenvalue weighted by atomic mass is 9.88. The first-order valence-corrected chi connectivity index (χ1v) is 11.0. The predicted molar refractivity (Wildman–Crippen MR) is 130 cm³/mol. The molecular formula is C25H29N5O3. The van der Waals surface area contributed by atoms with E-state index in [9.17, 15) is 15.4 Å². The third kappa shape index (κ3) is 5.03. The summed E-state index contributed by atoms with van der Waals surface area (Å²) in [6, 6.07) is 9.82. The summed E-state index contributed by atoms with van der Waals surface area (Å²) in [6.07, 6.45) is 5.70. The minimum absolute atomic E-state index is 0.0878. The molecule has 0 radical (unpaired) electrons. The van der Waals surface area contributed by atoms with E-state index in [1.807, 2.05) is 18.2 Å². The number of non-ortho nitro benzene ring substituents is 1. The second kappa shape index (κ2) is 9.82. The molecule has 0 N–H and O–H groups in total. The van der Waals surface area contributed by atoms with Gasteiger partial charge in [0, 0.05) is 36.0 Å². The van der Waals surface area contributed by atoms with Gasteiger partial charge in [0.1, 0.15) is 23.2 Å². The van der Waals surface area contributed by atoms with Crippen LogP contribution in [0.25, 0.3) is 5.57 Å². The van der Waals surface area contributed by atoms with Crippen molar-refractivity contribution in [2.75, 3.05) is 18.6 Å². The average molecular weight is 448 g/mol. The first-order valence-electron chi connectivity index (χ1n) is 11.0. The molecule has 0 bridgehead atoms. The molecule has 0 fully saturated rings. The Balaban J connectivity index is 2.03. The van der Waals surface area contributed by atoms with Crippen LogP contribution in [0, 0.1) is 21.4 Å². The number of benzene rings is 2. The van der Waals surface area contributed by atoms with Gasteiger partial charge in [0.05, 0.1) is 23.1 Å². The molecule has 1 heterocycles. The van der Waals surface area contributed by atoms with Crippen LogP contribution in [0.1, 0.15) is 58.1 Å². The Morgan fingerprint density at radius 3 is 2.55 bits per heavy atom. The van der Waals surface area contributed by atoms with E-state index in [1.54, 1.807) is 7.11 Å². The van der Waals surface area contributed by atoms with Crippen LogP contribution in [-0.2, 0) is 0 Å². The number of nitriles is 1. The molecule has 1 aliphatic heterocycles. The number of hydrogen-bond acceptors (Lipinski definition) is 7. The average Bonchev–Trinajstić information content (AvgIpc) is 2.78. The summed E-state index contributed by atoms with van der Waals surface area (Å²) in [7, 11) is 1.59. The first kappa shape index (κ1) is 23.9. The summed E-state index contributed by atoms with van der Waals surface area (Å²) >= 11 is 0. The zero-order chi connectivity index (χ0) is 24.2. The molecule has 0 saturated carbocycles. The molecule has 0 unspecified atom stereocenters. The normalized spacial score (nSPS) is 14.5. The van der Waals surface area contributed by atoms with Crippen LogP contribution < -0.4 is 9.64 Å². The fraction of sp³-hybridized carbons (Fsp3) is 0.400. The van der Waals surface area contributed by atoms with Gasteiger partial charge in [0.2, 0.25) is 0 Å². The largest absolute Gasteiger partial charge is 0.494 e. The number of anilines is 1. The minimum Gasteiger partial charge on any atom is -0.494 e. The Morgan fingerprint density at radius 1 is 1.18 bits per heavy atom. The molecule has 0 amide bonds. The number of nitrogens with zero attached hydrogens (tertiary/aromatic N) is 5. The molecule has 2 aromatic rings. The highest BCUT2D eigenvalue weighted by Crippen LogP contribution is 2.45. The second-order valence-electron chi connectivity index (χ2n) is 8.65. The molecule has 2 aromatic carbocycles. The Bertz CT molecular complexity index is 1160. The number of nitro benzene ring substituents is 1. The van der Waals surface area contributed by atoms with E-state index in [2.05, 4.69) is 48.9 Å². The number of hydrogen-bond donors (Lipinski definition) is 0. The summed E-state index contributed by atoms with van der Waals surface area (Å²) in [5.41, 5.74) is 3.89. The molecule has 3 rings (SSSR count). The Hall–Kier alpha value is -3.73. The van der Waals surface area contributed by atoms with Gasteiger partial charge in [0.15, 0.2) is 0 Å². The number of unbranched alkanes of at least 4 members (excludes halogenated alkanes) is 2. The Kier molecular flexibility index (Phi) is 7.12. The molecule has 0 spiro atoms. The lowest BCUT2D eigenvalue weighted by Gasteiger charge is -2.43. The monoisotopic (exact) mass is 447 g/mol. The van der Waals surface area contributed by atoms with Crippen LogP contribution in [-0.4, -0.2) is 24.1 Å². The molecule has 0 aromatic heterocycles. The van der Waals surface area contributed by atoms with Crippen molar-refractivity contribution in [2.45, 2.75) is 52.5 Å². The molecule has 8 heteroatoms. The number of methoxy groups -OCH3 is 1. The van der Waals surface area contributed by atoms with Gasteiger partial charge in [-0.1, -0.05) is 25.8 Å². The number of nitro groups is 1. The highest BCUT2D eigenvalue weighted by atomic mass is 16.6. The van der Waals surface area contributed by atoms with Crippen LogP contribution in [0.2, 0.25) is 0 Å². The first-order chi connectivity index (χ1) is 15.7. The quantitative estimate of drug-likeness (QED) is 0.186. The van der Waals surface area contributed by atoms with Crippen LogP contribution in [0.3, 0.4) is 0 Å². The molecular weight excluding hydrogens is 418 g/mol. The Labute approximate surface area is 194 Å². The predicted octanol–water partition coefficient (Wildman–Crippen LogP) is 7.08. The van der Waals surface area contributed by atoms with E-state index in [0.717, 1.165) is 36.2 Å². The molecule has 0 aliphatic carbocycles. The molecule has 33 heavy (non-hydrogen) atoms. The van der Waals surface area contributed by atoms with Gasteiger partial charge in [-0.25, -0.2) is 0 Å². The van der Waals surface area contributed by atoms with Gasteiger partial charge in [-0.3, -0.25) is 10.1 Å². The summed E-state index contributed by atoms with van der Waals surface area (Å²) in [5, 5.41) is 28.9. The second-order valence-corrected chi connectivity index (χ2v) is 8.65. The number of fused-ring (bicyclic) bond motifs is 1. The minimum atomic E-state index is -0.545. The van der Waals surface area contributed by atoms with Crippen LogP contribution in [0.5, 0.6) is 5.75 Å². The fourth-order valence-corrected chi connectivity index (χ4v) is 4.19. The van der Waals surface area contributed by atoms with E-state index < -0.39 is 4.92 Å². The fourth-order valence-electron chi connectivity index (χ4n) is 4.19. The van der Waals surface area contributed by atoms with E-state index in [-0.39, 0.29) is 22.5 Å². The number of rotatable bonds is 8. The van der Waals surface area contributed by atoms with Crippen LogP contribution in [0.15, 0.2) is 46.6 Å². The topological polar surface area (TPSA) is 104 Å². The zero-order valence-corrected chi connectivity index (χ0v) is 19.8. The Morgan fingerprint density at radius 2 is 1.91 bits per heavy atom. The van der Waals surface area contributed by atoms with Gasteiger partial charge in [-0.05, 0) is 44.9 Å². The third-order valence-corrected chi connectivity index (χ3v) is 5.84. The van der Waals surface area contributed by atoms with Crippen molar-refractivity contribution >= 4 is 28.3 Å². The number of azo groups is 1. The summed E-state index contributed by atoms with van der Waals surface area (Å²) in [6.45, 7) is 9.65. The van der Waals surface area contributed by atoms with Crippen molar-refractivity contribution in [1.82, 2.24) is 0 Å². The molecule has 8 nitrogen and oxygen atoms in total.